The van der Waals surface area contributed by atoms with E-state index in [1.807, 2.05) is 48.5 Å². The van der Waals surface area contributed by atoms with Gasteiger partial charge in [0.15, 0.2) is 6.61 Å². The van der Waals surface area contributed by atoms with Gasteiger partial charge in [-0.2, -0.15) is 0 Å². The summed E-state index contributed by atoms with van der Waals surface area (Å²) in [5.74, 6) is -0.798. The van der Waals surface area contributed by atoms with E-state index in [0.29, 0.717) is 5.75 Å². The van der Waals surface area contributed by atoms with Gasteiger partial charge in [-0.3, -0.25) is 9.59 Å². The van der Waals surface area contributed by atoms with Crippen LogP contribution in [0.4, 0.5) is 0 Å². The highest BCUT2D eigenvalue weighted by Gasteiger charge is 2.20. The number of carbonyl (C=O) groups excluding carboxylic acids is 1. The normalized spacial score (nSPS) is 10.5. The first-order chi connectivity index (χ1) is 11.5. The van der Waals surface area contributed by atoms with Gasteiger partial charge in [0.25, 0.3) is 5.91 Å². The van der Waals surface area contributed by atoms with E-state index in [4.69, 9.17) is 9.84 Å². The molecule has 0 fully saturated rings. The van der Waals surface area contributed by atoms with Gasteiger partial charge in [0, 0.05) is 11.6 Å². The lowest BCUT2D eigenvalue weighted by molar-refractivity contribution is -0.146. The number of carbonyl (C=O) groups is 2. The second-order valence-corrected chi connectivity index (χ2v) is 5.66. The molecule has 5 nitrogen and oxygen atoms in total. The minimum atomic E-state index is -1.04. The molecule has 0 aromatic heterocycles. The van der Waals surface area contributed by atoms with Crippen molar-refractivity contribution in [2.45, 2.75) is 19.9 Å². The van der Waals surface area contributed by atoms with E-state index in [2.05, 4.69) is 0 Å². The van der Waals surface area contributed by atoms with Crippen LogP contribution in [0.25, 0.3) is 11.1 Å². The van der Waals surface area contributed by atoms with Crippen LogP contribution in [0, 0.1) is 0 Å². The molecule has 0 heterocycles. The Hall–Kier alpha value is -2.82. The summed E-state index contributed by atoms with van der Waals surface area (Å²) in [5.41, 5.74) is 1.88. The van der Waals surface area contributed by atoms with Gasteiger partial charge in [-0.15, -0.1) is 0 Å². The Balaban J connectivity index is 2.12. The van der Waals surface area contributed by atoms with E-state index in [0.717, 1.165) is 11.1 Å². The van der Waals surface area contributed by atoms with Crippen LogP contribution in [0.2, 0.25) is 0 Å². The molecule has 2 rings (SSSR count). The number of para-hydroxylation sites is 1. The standard InChI is InChI=1S/C19H21NO4/c1-14(2)20(12-19(22)23)18(21)13-24-17-11-7-6-10-16(17)15-8-4-3-5-9-15/h3-11,14H,12-13H2,1-2H3,(H,22,23). The van der Waals surface area contributed by atoms with Crippen LogP contribution in [-0.2, 0) is 9.59 Å². The van der Waals surface area contributed by atoms with Crippen molar-refractivity contribution in [2.75, 3.05) is 13.2 Å². The highest BCUT2D eigenvalue weighted by Crippen LogP contribution is 2.29. The molecule has 0 saturated heterocycles. The fourth-order valence-electron chi connectivity index (χ4n) is 2.38. The number of carboxylic acid groups (broad SMARTS) is 1. The van der Waals surface area contributed by atoms with Gasteiger partial charge in [-0.05, 0) is 25.5 Å². The third-order valence-electron chi connectivity index (χ3n) is 3.57. The van der Waals surface area contributed by atoms with Crippen LogP contribution in [-0.4, -0.2) is 41.1 Å². The summed E-state index contributed by atoms with van der Waals surface area (Å²) in [7, 11) is 0. The third kappa shape index (κ3) is 4.59. The van der Waals surface area contributed by atoms with Crippen LogP contribution >= 0.6 is 0 Å². The van der Waals surface area contributed by atoms with E-state index in [1.54, 1.807) is 19.9 Å². The lowest BCUT2D eigenvalue weighted by Crippen LogP contribution is -2.43. The highest BCUT2D eigenvalue weighted by atomic mass is 16.5. The molecule has 0 aliphatic carbocycles. The summed E-state index contributed by atoms with van der Waals surface area (Å²) in [4.78, 5) is 24.5. The van der Waals surface area contributed by atoms with Gasteiger partial charge in [0.05, 0.1) is 0 Å². The molecule has 1 amide bonds. The smallest absolute Gasteiger partial charge is 0.323 e. The molecule has 0 spiro atoms. The topological polar surface area (TPSA) is 66.8 Å². The number of benzene rings is 2. The average molecular weight is 327 g/mol. The summed E-state index contributed by atoms with van der Waals surface area (Å²) in [6.07, 6.45) is 0. The lowest BCUT2D eigenvalue weighted by Gasteiger charge is -2.25. The molecule has 2 aromatic rings. The fourth-order valence-corrected chi connectivity index (χ4v) is 2.38. The highest BCUT2D eigenvalue weighted by molar-refractivity contribution is 5.83. The Morgan fingerprint density at radius 1 is 1.04 bits per heavy atom. The van der Waals surface area contributed by atoms with Crippen molar-refractivity contribution in [2.24, 2.45) is 0 Å². The first-order valence-electron chi connectivity index (χ1n) is 7.77. The number of ether oxygens (including phenoxy) is 1. The number of aliphatic carboxylic acids is 1. The van der Waals surface area contributed by atoms with Crippen molar-refractivity contribution in [3.63, 3.8) is 0 Å². The summed E-state index contributed by atoms with van der Waals surface area (Å²) in [5, 5.41) is 8.93. The molecule has 0 aliphatic rings. The van der Waals surface area contributed by atoms with Crippen molar-refractivity contribution >= 4 is 11.9 Å². The third-order valence-corrected chi connectivity index (χ3v) is 3.57. The van der Waals surface area contributed by atoms with Gasteiger partial charge in [0.1, 0.15) is 12.3 Å². The molecule has 0 unspecified atom stereocenters. The van der Waals surface area contributed by atoms with E-state index >= 15 is 0 Å². The van der Waals surface area contributed by atoms with Crippen LogP contribution < -0.4 is 4.74 Å². The minimum absolute atomic E-state index is 0.199. The minimum Gasteiger partial charge on any atom is -0.483 e. The molecule has 0 bridgehead atoms. The van der Waals surface area contributed by atoms with Gasteiger partial charge >= 0.3 is 5.97 Å². The van der Waals surface area contributed by atoms with Crippen LogP contribution in [0.1, 0.15) is 13.8 Å². The van der Waals surface area contributed by atoms with E-state index in [-0.39, 0.29) is 25.1 Å². The van der Waals surface area contributed by atoms with Gasteiger partial charge in [0.2, 0.25) is 0 Å². The predicted octanol–water partition coefficient (Wildman–Crippen LogP) is 3.05. The van der Waals surface area contributed by atoms with Gasteiger partial charge < -0.3 is 14.7 Å². The zero-order valence-electron chi connectivity index (χ0n) is 13.8. The average Bonchev–Trinajstić information content (AvgIpc) is 2.58. The van der Waals surface area contributed by atoms with Crippen molar-refractivity contribution in [1.82, 2.24) is 4.90 Å². The summed E-state index contributed by atoms with van der Waals surface area (Å²) >= 11 is 0. The molecule has 1 N–H and O–H groups in total. The van der Waals surface area contributed by atoms with Crippen molar-refractivity contribution < 1.29 is 19.4 Å². The van der Waals surface area contributed by atoms with E-state index < -0.39 is 5.97 Å². The van der Waals surface area contributed by atoms with Crippen molar-refractivity contribution in [3.05, 3.63) is 54.6 Å². The van der Waals surface area contributed by atoms with Gasteiger partial charge in [-0.1, -0.05) is 48.5 Å². The number of hydrogen-bond acceptors (Lipinski definition) is 3. The number of rotatable bonds is 7. The summed E-state index contributed by atoms with van der Waals surface area (Å²) in [6.45, 7) is 3.02. The first-order valence-corrected chi connectivity index (χ1v) is 7.77. The number of carboxylic acids is 1. The molecule has 0 aliphatic heterocycles. The maximum Gasteiger partial charge on any atom is 0.323 e. The van der Waals surface area contributed by atoms with Crippen LogP contribution in [0.5, 0.6) is 5.75 Å². The van der Waals surface area contributed by atoms with Crippen molar-refractivity contribution in [3.8, 4) is 16.9 Å². The zero-order valence-corrected chi connectivity index (χ0v) is 13.8. The number of nitrogens with zero attached hydrogens (tertiary/aromatic N) is 1. The Bertz CT molecular complexity index is 698. The summed E-state index contributed by atoms with van der Waals surface area (Å²) < 4.78 is 5.68. The van der Waals surface area contributed by atoms with E-state index in [9.17, 15) is 9.59 Å². The first kappa shape index (κ1) is 17.5. The second-order valence-electron chi connectivity index (χ2n) is 5.66. The lowest BCUT2D eigenvalue weighted by atomic mass is 10.1. The zero-order chi connectivity index (χ0) is 17.5. The molecule has 2 aromatic carbocycles. The maximum absolute atomic E-state index is 12.3. The number of amides is 1. The maximum atomic E-state index is 12.3. The molecule has 0 atom stereocenters. The Labute approximate surface area is 141 Å². The quantitative estimate of drug-likeness (QED) is 0.849. The molecule has 126 valence electrons. The Kier molecular flexibility index (Phi) is 5.95. The Morgan fingerprint density at radius 3 is 2.29 bits per heavy atom. The molecule has 0 radical (unpaired) electrons. The number of hydrogen-bond donors (Lipinski definition) is 1. The fraction of sp³-hybridized carbons (Fsp3) is 0.263. The van der Waals surface area contributed by atoms with Crippen molar-refractivity contribution in [1.29, 1.82) is 0 Å². The molecule has 5 heteroatoms. The monoisotopic (exact) mass is 327 g/mol. The SMILES string of the molecule is CC(C)N(CC(=O)O)C(=O)COc1ccccc1-c1ccccc1. The largest absolute Gasteiger partial charge is 0.483 e. The molecule has 0 saturated carbocycles. The summed E-state index contributed by atoms with van der Waals surface area (Å²) in [6, 6.07) is 17.0. The second kappa shape index (κ2) is 8.15. The molecular formula is C19H21NO4. The van der Waals surface area contributed by atoms with Gasteiger partial charge in [-0.25, -0.2) is 0 Å². The Morgan fingerprint density at radius 2 is 1.67 bits per heavy atom. The molecule has 24 heavy (non-hydrogen) atoms. The van der Waals surface area contributed by atoms with Crippen LogP contribution in [0.15, 0.2) is 54.6 Å². The predicted molar refractivity (Wildman–Crippen MR) is 91.9 cm³/mol. The van der Waals surface area contributed by atoms with E-state index in [1.165, 1.54) is 4.90 Å². The van der Waals surface area contributed by atoms with Crippen LogP contribution in [0.3, 0.4) is 0 Å². The molecular weight excluding hydrogens is 306 g/mol.